The molecule has 0 saturated carbocycles. The number of carbonyl (C=O) groups excluding carboxylic acids is 1. The van der Waals surface area contributed by atoms with Gasteiger partial charge in [-0.3, -0.25) is 4.79 Å². The zero-order chi connectivity index (χ0) is 36.6. The summed E-state index contributed by atoms with van der Waals surface area (Å²) in [4.78, 5) is 26.3. The van der Waals surface area contributed by atoms with Gasteiger partial charge >= 0.3 is 5.97 Å². The number of carbonyl (C=O) groups is 2. The second kappa shape index (κ2) is 14.5. The molecule has 2 heterocycles. The van der Waals surface area contributed by atoms with Crippen LogP contribution in [0.15, 0.2) is 102 Å². The quantitative estimate of drug-likeness (QED) is 0.124. The first kappa shape index (κ1) is 36.1. The van der Waals surface area contributed by atoms with E-state index in [2.05, 4.69) is 0 Å². The van der Waals surface area contributed by atoms with Crippen molar-refractivity contribution in [3.05, 3.63) is 114 Å². The molecule has 2 saturated heterocycles. The number of sulfone groups is 1. The highest BCUT2D eigenvalue weighted by molar-refractivity contribution is 7.91. The van der Waals surface area contributed by atoms with Gasteiger partial charge in [0.15, 0.2) is 15.9 Å². The third-order valence-electron chi connectivity index (χ3n) is 9.49. The zero-order valence-electron chi connectivity index (χ0n) is 26.9. The Balaban J connectivity index is 1.20. The van der Waals surface area contributed by atoms with Gasteiger partial charge < -0.3 is 40.3 Å². The Morgan fingerprint density at radius 3 is 2.14 bits per heavy atom. The van der Waals surface area contributed by atoms with E-state index in [0.29, 0.717) is 34.4 Å². The van der Waals surface area contributed by atoms with Crippen LogP contribution in [-0.4, -0.2) is 87.2 Å². The number of amides is 1. The molecule has 14 heteroatoms. The maximum Gasteiger partial charge on any atom is 0.335 e. The van der Waals surface area contributed by atoms with Crippen molar-refractivity contribution in [1.82, 2.24) is 0 Å². The van der Waals surface area contributed by atoms with E-state index in [1.165, 1.54) is 54.6 Å². The first-order valence-electron chi connectivity index (χ1n) is 16.2. The topological polar surface area (TPSA) is 202 Å². The lowest BCUT2D eigenvalue weighted by Gasteiger charge is -2.48. The van der Waals surface area contributed by atoms with E-state index in [1.54, 1.807) is 41.3 Å². The largest absolute Gasteiger partial charge is 0.508 e. The summed E-state index contributed by atoms with van der Waals surface area (Å²) in [5, 5.41) is 61.5. The minimum atomic E-state index is -4.17. The van der Waals surface area contributed by atoms with Crippen LogP contribution in [0.3, 0.4) is 0 Å². The smallest absolute Gasteiger partial charge is 0.335 e. The SMILES string of the molecule is O=C(O)C1OC(CS(=O)(=O)c2ccc(-c3ccc([C@@H]4[C@@H](CC[C@H](O)c5ccc(F)cc5)C(=O)N4c4ccccc4)c(O)c3)cc2)[C@@H](O)[C@@H](O)[C@@H]1O. The number of benzene rings is 4. The van der Waals surface area contributed by atoms with Gasteiger partial charge in [-0.05, 0) is 72.0 Å². The van der Waals surface area contributed by atoms with Gasteiger partial charge in [0.05, 0.1) is 28.7 Å². The molecule has 2 unspecified atom stereocenters. The number of ether oxygens (including phenoxy) is 1. The lowest BCUT2D eigenvalue weighted by atomic mass is 9.77. The van der Waals surface area contributed by atoms with Crippen LogP contribution in [0.4, 0.5) is 10.1 Å². The fourth-order valence-electron chi connectivity index (χ4n) is 6.68. The molecule has 4 aromatic rings. The molecule has 51 heavy (non-hydrogen) atoms. The normalized spacial score (nSPS) is 25.6. The van der Waals surface area contributed by atoms with E-state index in [9.17, 15) is 53.0 Å². The van der Waals surface area contributed by atoms with Crippen molar-refractivity contribution in [2.24, 2.45) is 5.92 Å². The number of aliphatic hydroxyl groups is 4. The van der Waals surface area contributed by atoms with E-state index in [4.69, 9.17) is 4.74 Å². The number of hydrogen-bond acceptors (Lipinski definition) is 10. The first-order valence-corrected chi connectivity index (χ1v) is 17.8. The third kappa shape index (κ3) is 7.24. The monoisotopic (exact) mass is 721 g/mol. The summed E-state index contributed by atoms with van der Waals surface area (Å²) < 4.78 is 44.9. The number of para-hydroxylation sites is 1. The number of phenolic OH excluding ortho intramolecular Hbond substituents is 1. The minimum Gasteiger partial charge on any atom is -0.508 e. The van der Waals surface area contributed by atoms with Gasteiger partial charge in [0.2, 0.25) is 5.91 Å². The van der Waals surface area contributed by atoms with Crippen molar-refractivity contribution in [2.45, 2.75) is 60.4 Å². The summed E-state index contributed by atoms with van der Waals surface area (Å²) in [7, 11) is -4.17. The van der Waals surface area contributed by atoms with Crippen LogP contribution in [0, 0.1) is 11.7 Å². The van der Waals surface area contributed by atoms with Crippen molar-refractivity contribution in [3.8, 4) is 16.9 Å². The summed E-state index contributed by atoms with van der Waals surface area (Å²) in [6.45, 7) is 0. The van der Waals surface area contributed by atoms with Crippen LogP contribution in [0.2, 0.25) is 0 Å². The van der Waals surface area contributed by atoms with Crippen LogP contribution < -0.4 is 4.90 Å². The van der Waals surface area contributed by atoms with Gasteiger partial charge in [-0.25, -0.2) is 17.6 Å². The van der Waals surface area contributed by atoms with Crippen LogP contribution in [0.1, 0.15) is 36.1 Å². The molecule has 6 rings (SSSR count). The highest BCUT2D eigenvalue weighted by atomic mass is 32.2. The fraction of sp³-hybridized carbons (Fsp3) is 0.297. The number of carboxylic acids is 1. The number of aliphatic hydroxyl groups excluding tert-OH is 4. The van der Waals surface area contributed by atoms with Crippen molar-refractivity contribution in [2.75, 3.05) is 10.7 Å². The molecular weight excluding hydrogens is 685 g/mol. The van der Waals surface area contributed by atoms with Crippen LogP contribution in [0.25, 0.3) is 11.1 Å². The Labute approximate surface area is 292 Å². The molecule has 0 spiro atoms. The number of halogens is 1. The van der Waals surface area contributed by atoms with Gasteiger partial charge in [0.1, 0.15) is 36.0 Å². The van der Waals surface area contributed by atoms with Gasteiger partial charge in [-0.2, -0.15) is 0 Å². The summed E-state index contributed by atoms with van der Waals surface area (Å²) in [5.41, 5.74) is 2.71. The Kier molecular flexibility index (Phi) is 10.3. The van der Waals surface area contributed by atoms with Crippen molar-refractivity contribution in [3.63, 3.8) is 0 Å². The molecule has 0 radical (unpaired) electrons. The Morgan fingerprint density at radius 1 is 0.863 bits per heavy atom. The molecule has 12 nitrogen and oxygen atoms in total. The van der Waals surface area contributed by atoms with Crippen LogP contribution >= 0.6 is 0 Å². The molecule has 0 aromatic heterocycles. The number of phenols is 1. The lowest BCUT2D eigenvalue weighted by molar-refractivity contribution is -0.222. The maximum absolute atomic E-state index is 13.5. The molecular formula is C37H36FNO11S. The van der Waals surface area contributed by atoms with E-state index < -0.39 is 76.0 Å². The summed E-state index contributed by atoms with van der Waals surface area (Å²) in [6.07, 6.45) is -9.68. The van der Waals surface area contributed by atoms with E-state index in [-0.39, 0.29) is 23.0 Å². The number of carboxylic acid groups (broad SMARTS) is 1. The minimum absolute atomic E-state index is 0.108. The summed E-state index contributed by atoms with van der Waals surface area (Å²) in [5.74, 6) is -3.76. The second-order valence-corrected chi connectivity index (χ2v) is 14.8. The molecule has 2 aliphatic heterocycles. The van der Waals surface area contributed by atoms with Crippen molar-refractivity contribution >= 4 is 27.4 Å². The fourth-order valence-corrected chi connectivity index (χ4v) is 8.14. The molecule has 0 bridgehead atoms. The average Bonchev–Trinajstić information content (AvgIpc) is 3.11. The number of anilines is 1. The standard InChI is InChI=1S/C37H36FNO11S/c38-23-11-6-21(7-12-23)28(40)17-16-27-31(39(36(27)45)24-4-2-1-3-5-24)26-15-10-22(18-29(26)41)20-8-13-25(14-9-20)51(48,49)19-30-32(42)33(43)34(44)35(50-30)37(46)47/h1-15,18,27-28,30-35,40-44H,16-17,19H2,(H,46,47)/t27-,28+,30?,31-,32-,33-,34+,35?/m1/s1. The Hall–Kier alpha value is -4.70. The van der Waals surface area contributed by atoms with Gasteiger partial charge in [0.25, 0.3) is 0 Å². The van der Waals surface area contributed by atoms with Crippen molar-refractivity contribution < 1.29 is 57.8 Å². The number of hydrogen-bond donors (Lipinski definition) is 6. The highest BCUT2D eigenvalue weighted by Gasteiger charge is 2.50. The average molecular weight is 722 g/mol. The van der Waals surface area contributed by atoms with Gasteiger partial charge in [0, 0.05) is 11.3 Å². The molecule has 268 valence electrons. The number of β-lactam (4-membered cyclic amide) rings is 1. The Bertz CT molecular complexity index is 1990. The lowest BCUT2D eigenvalue weighted by Crippen LogP contribution is -2.61. The molecule has 0 aliphatic carbocycles. The van der Waals surface area contributed by atoms with Gasteiger partial charge in [-0.15, -0.1) is 0 Å². The van der Waals surface area contributed by atoms with Gasteiger partial charge in [-0.1, -0.05) is 54.6 Å². The third-order valence-corrected chi connectivity index (χ3v) is 11.2. The summed E-state index contributed by atoms with van der Waals surface area (Å²) in [6, 6.07) is 24.4. The second-order valence-electron chi connectivity index (χ2n) is 12.7. The molecule has 6 N–H and O–H groups in total. The molecule has 2 fully saturated rings. The van der Waals surface area contributed by atoms with Crippen LogP contribution in [-0.2, 0) is 24.2 Å². The number of aromatic hydroxyl groups is 1. The highest BCUT2D eigenvalue weighted by Crippen LogP contribution is 2.49. The summed E-state index contributed by atoms with van der Waals surface area (Å²) >= 11 is 0. The molecule has 8 atom stereocenters. The Morgan fingerprint density at radius 2 is 1.51 bits per heavy atom. The van der Waals surface area contributed by atoms with E-state index >= 15 is 0 Å². The van der Waals surface area contributed by atoms with Crippen LogP contribution in [0.5, 0.6) is 5.75 Å². The molecule has 4 aromatic carbocycles. The predicted molar refractivity (Wildman–Crippen MR) is 181 cm³/mol. The number of aliphatic carboxylic acids is 1. The molecule has 2 aliphatic rings. The predicted octanol–water partition coefficient (Wildman–Crippen LogP) is 3.12. The number of nitrogens with zero attached hydrogens (tertiary/aromatic N) is 1. The maximum atomic E-state index is 13.5. The zero-order valence-corrected chi connectivity index (χ0v) is 27.8. The van der Waals surface area contributed by atoms with E-state index in [1.807, 2.05) is 6.07 Å². The first-order chi connectivity index (χ1) is 24.3. The molecule has 1 amide bonds. The number of rotatable bonds is 11. The van der Waals surface area contributed by atoms with E-state index in [0.717, 1.165) is 0 Å². The van der Waals surface area contributed by atoms with Crippen molar-refractivity contribution in [1.29, 1.82) is 0 Å².